The molecule has 1 aromatic rings. The van der Waals surface area contributed by atoms with Crippen molar-refractivity contribution < 1.29 is 14.4 Å². The van der Waals surface area contributed by atoms with Crippen molar-refractivity contribution in [1.82, 2.24) is 20.5 Å². The molecule has 0 aliphatic carbocycles. The molecule has 4 amide bonds. The van der Waals surface area contributed by atoms with E-state index in [-0.39, 0.29) is 18.4 Å². The number of nitrogens with zero attached hydrogens (tertiary/aromatic N) is 2. The predicted molar refractivity (Wildman–Crippen MR) is 64.2 cm³/mol. The highest BCUT2D eigenvalue weighted by atomic mass is 16.2. The van der Waals surface area contributed by atoms with Gasteiger partial charge in [0, 0.05) is 18.9 Å². The molecule has 2 N–H and O–H groups in total. The molecule has 1 unspecified atom stereocenters. The van der Waals surface area contributed by atoms with Crippen molar-refractivity contribution in [3.63, 3.8) is 0 Å². The van der Waals surface area contributed by atoms with Gasteiger partial charge in [-0.3, -0.25) is 19.9 Å². The summed E-state index contributed by atoms with van der Waals surface area (Å²) in [5, 5.41) is 4.82. The molecule has 19 heavy (non-hydrogen) atoms. The zero-order valence-electron chi connectivity index (χ0n) is 10.0. The molecule has 0 saturated carbocycles. The molecule has 3 heterocycles. The number of hydrogen-bond acceptors (Lipinski definition) is 4. The molecule has 0 aromatic carbocycles. The van der Waals surface area contributed by atoms with E-state index in [1.807, 2.05) is 0 Å². The Hall–Kier alpha value is -2.44. The fourth-order valence-electron chi connectivity index (χ4n) is 2.47. The molecular weight excluding hydrogens is 248 g/mol. The van der Waals surface area contributed by atoms with Crippen molar-refractivity contribution in [2.45, 2.75) is 12.0 Å². The first kappa shape index (κ1) is 11.6. The van der Waals surface area contributed by atoms with E-state index in [1.54, 1.807) is 23.2 Å². The van der Waals surface area contributed by atoms with Crippen molar-refractivity contribution in [3.05, 3.63) is 30.1 Å². The van der Waals surface area contributed by atoms with E-state index in [9.17, 15) is 14.4 Å². The molecule has 1 aromatic heterocycles. The number of likely N-dealkylation sites (tertiary alicyclic amines) is 1. The molecule has 3 rings (SSSR count). The summed E-state index contributed by atoms with van der Waals surface area (Å²) >= 11 is 0. The average Bonchev–Trinajstić information content (AvgIpc) is 2.95. The molecule has 0 radical (unpaired) electrons. The van der Waals surface area contributed by atoms with Crippen LogP contribution < -0.4 is 10.6 Å². The number of hydrogen-bond donors (Lipinski definition) is 2. The molecule has 1 atom stereocenters. The zero-order chi connectivity index (χ0) is 13.5. The number of rotatable bonds is 1. The minimum atomic E-state index is -0.963. The third-order valence-electron chi connectivity index (χ3n) is 3.48. The molecule has 7 heteroatoms. The van der Waals surface area contributed by atoms with Crippen molar-refractivity contribution in [2.24, 2.45) is 0 Å². The smallest absolute Gasteiger partial charge is 0.322 e. The third-order valence-corrected chi connectivity index (χ3v) is 3.48. The van der Waals surface area contributed by atoms with Crippen LogP contribution >= 0.6 is 0 Å². The van der Waals surface area contributed by atoms with Crippen LogP contribution in [0, 0.1) is 0 Å². The molecule has 2 saturated heterocycles. The van der Waals surface area contributed by atoms with Gasteiger partial charge in [0.2, 0.25) is 0 Å². The summed E-state index contributed by atoms with van der Waals surface area (Å²) in [4.78, 5) is 40.6. The van der Waals surface area contributed by atoms with Crippen LogP contribution in [0.15, 0.2) is 24.5 Å². The Bertz CT molecular complexity index is 559. The second-order valence-corrected chi connectivity index (χ2v) is 4.71. The number of urea groups is 1. The van der Waals surface area contributed by atoms with E-state index in [0.717, 1.165) is 0 Å². The van der Waals surface area contributed by atoms with Gasteiger partial charge >= 0.3 is 6.03 Å². The molecule has 0 bridgehead atoms. The Kier molecular flexibility index (Phi) is 2.48. The van der Waals surface area contributed by atoms with Gasteiger partial charge < -0.3 is 10.2 Å². The van der Waals surface area contributed by atoms with Crippen molar-refractivity contribution >= 4 is 17.8 Å². The Labute approximate surface area is 109 Å². The van der Waals surface area contributed by atoms with Crippen LogP contribution in [0.2, 0.25) is 0 Å². The van der Waals surface area contributed by atoms with Crippen LogP contribution in [0.4, 0.5) is 4.79 Å². The summed E-state index contributed by atoms with van der Waals surface area (Å²) in [6.45, 7) is 0.625. The molecule has 2 aliphatic rings. The summed E-state index contributed by atoms with van der Waals surface area (Å²) in [5.41, 5.74) is -0.487. The largest absolute Gasteiger partial charge is 0.336 e. The maximum absolute atomic E-state index is 12.2. The van der Waals surface area contributed by atoms with E-state index in [1.165, 1.54) is 6.20 Å². The van der Waals surface area contributed by atoms with E-state index in [2.05, 4.69) is 15.6 Å². The highest BCUT2D eigenvalue weighted by Crippen LogP contribution is 2.25. The Balaban J connectivity index is 1.78. The lowest BCUT2D eigenvalue weighted by atomic mass is 9.99. The van der Waals surface area contributed by atoms with Gasteiger partial charge in [0.25, 0.3) is 11.8 Å². The van der Waals surface area contributed by atoms with Crippen LogP contribution in [0.25, 0.3) is 0 Å². The van der Waals surface area contributed by atoms with Crippen LogP contribution in [0.5, 0.6) is 0 Å². The Morgan fingerprint density at radius 1 is 1.42 bits per heavy atom. The van der Waals surface area contributed by atoms with E-state index >= 15 is 0 Å². The first-order chi connectivity index (χ1) is 9.11. The monoisotopic (exact) mass is 260 g/mol. The third kappa shape index (κ3) is 1.83. The highest BCUT2D eigenvalue weighted by molar-refractivity contribution is 6.08. The number of nitrogens with one attached hydrogen (secondary N) is 2. The standard InChI is InChI=1S/C12H12N4O3/c17-9(8-2-1-4-13-6-8)16-5-3-12(7-16)10(18)14-11(19)15-12/h1-2,4,6H,3,5,7H2,(H2,14,15,18,19). The summed E-state index contributed by atoms with van der Waals surface area (Å²) in [6.07, 6.45) is 3.50. The molecule has 98 valence electrons. The molecular formula is C12H12N4O3. The molecule has 1 spiro atoms. The number of carbonyl (C=O) groups excluding carboxylic acids is 3. The van der Waals surface area contributed by atoms with Gasteiger partial charge in [0.1, 0.15) is 5.54 Å². The van der Waals surface area contributed by atoms with Gasteiger partial charge in [-0.15, -0.1) is 0 Å². The number of imide groups is 1. The summed E-state index contributed by atoms with van der Waals surface area (Å²) < 4.78 is 0. The predicted octanol–water partition coefficient (Wildman–Crippen LogP) is -0.494. The summed E-state index contributed by atoms with van der Waals surface area (Å²) in [5.74, 6) is -0.544. The topological polar surface area (TPSA) is 91.4 Å². The maximum Gasteiger partial charge on any atom is 0.322 e. The Morgan fingerprint density at radius 2 is 2.26 bits per heavy atom. The fraction of sp³-hybridized carbons (Fsp3) is 0.333. The quantitative estimate of drug-likeness (QED) is 0.666. The SMILES string of the molecule is O=C1NC(=O)C2(CCN(C(=O)c3cccnc3)C2)N1. The van der Waals surface area contributed by atoms with Crippen molar-refractivity contribution in [2.75, 3.05) is 13.1 Å². The van der Waals surface area contributed by atoms with E-state index < -0.39 is 11.6 Å². The lowest BCUT2D eigenvalue weighted by Gasteiger charge is -2.21. The fourth-order valence-corrected chi connectivity index (χ4v) is 2.47. The lowest BCUT2D eigenvalue weighted by Crippen LogP contribution is -2.49. The molecule has 2 fully saturated rings. The van der Waals surface area contributed by atoms with Crippen LogP contribution in [-0.4, -0.2) is 46.4 Å². The van der Waals surface area contributed by atoms with E-state index in [0.29, 0.717) is 18.5 Å². The zero-order valence-corrected chi connectivity index (χ0v) is 10.0. The van der Waals surface area contributed by atoms with E-state index in [4.69, 9.17) is 0 Å². The van der Waals surface area contributed by atoms with Crippen molar-refractivity contribution in [3.8, 4) is 0 Å². The van der Waals surface area contributed by atoms with Gasteiger partial charge in [-0.1, -0.05) is 0 Å². The summed E-state index contributed by atoms with van der Waals surface area (Å²) in [7, 11) is 0. The van der Waals surface area contributed by atoms with Gasteiger partial charge in [-0.25, -0.2) is 4.79 Å². The molecule has 2 aliphatic heterocycles. The van der Waals surface area contributed by atoms with Crippen molar-refractivity contribution in [1.29, 1.82) is 0 Å². The minimum Gasteiger partial charge on any atom is -0.336 e. The second-order valence-electron chi connectivity index (χ2n) is 4.71. The maximum atomic E-state index is 12.2. The first-order valence-electron chi connectivity index (χ1n) is 5.94. The average molecular weight is 260 g/mol. The van der Waals surface area contributed by atoms with Gasteiger partial charge in [-0.05, 0) is 18.6 Å². The van der Waals surface area contributed by atoms with Gasteiger partial charge in [0.05, 0.1) is 12.1 Å². The molecule has 7 nitrogen and oxygen atoms in total. The summed E-state index contributed by atoms with van der Waals surface area (Å²) in [6, 6.07) is 2.86. The van der Waals surface area contributed by atoms with Gasteiger partial charge in [-0.2, -0.15) is 0 Å². The number of carbonyl (C=O) groups is 3. The number of aromatic nitrogens is 1. The number of amides is 4. The number of pyridine rings is 1. The lowest BCUT2D eigenvalue weighted by molar-refractivity contribution is -0.123. The second kappa shape index (κ2) is 4.04. The van der Waals surface area contributed by atoms with Crippen LogP contribution in [0.1, 0.15) is 16.8 Å². The Morgan fingerprint density at radius 3 is 2.89 bits per heavy atom. The minimum absolute atomic E-state index is 0.182. The van der Waals surface area contributed by atoms with Crippen LogP contribution in [-0.2, 0) is 4.79 Å². The van der Waals surface area contributed by atoms with Crippen LogP contribution in [0.3, 0.4) is 0 Å². The normalized spacial score (nSPS) is 25.6. The highest BCUT2D eigenvalue weighted by Gasteiger charge is 2.51. The first-order valence-corrected chi connectivity index (χ1v) is 5.94. The van der Waals surface area contributed by atoms with Gasteiger partial charge in [0.15, 0.2) is 0 Å².